The van der Waals surface area contributed by atoms with Crippen molar-refractivity contribution in [2.45, 2.75) is 6.04 Å². The maximum absolute atomic E-state index is 10.8. The van der Waals surface area contributed by atoms with E-state index in [1.165, 1.54) is 6.07 Å². The third kappa shape index (κ3) is 2.84. The molecule has 1 fully saturated rings. The van der Waals surface area contributed by atoms with Crippen molar-refractivity contribution in [3.05, 3.63) is 32.8 Å². The van der Waals surface area contributed by atoms with Gasteiger partial charge >= 0.3 is 0 Å². The molecule has 0 amide bonds. The predicted molar refractivity (Wildman–Crippen MR) is 68.3 cm³/mol. The van der Waals surface area contributed by atoms with Crippen LogP contribution in [-0.2, 0) is 0 Å². The number of nitro groups is 1. The van der Waals surface area contributed by atoms with Gasteiger partial charge in [-0.25, -0.2) is 0 Å². The van der Waals surface area contributed by atoms with Crippen LogP contribution in [0.5, 0.6) is 0 Å². The average molecular weight is 309 g/mol. The maximum Gasteiger partial charge on any atom is 0.293 e. The summed E-state index contributed by atoms with van der Waals surface area (Å²) in [4.78, 5) is 10.4. The highest BCUT2D eigenvalue weighted by molar-refractivity contribution is 9.10. The zero-order valence-corrected chi connectivity index (χ0v) is 10.7. The molecular formula is C9H11BrClN3O2. The second kappa shape index (κ2) is 5.47. The summed E-state index contributed by atoms with van der Waals surface area (Å²) in [5, 5.41) is 17.0. The second-order valence-corrected chi connectivity index (χ2v) is 4.33. The summed E-state index contributed by atoms with van der Waals surface area (Å²) in [7, 11) is 0. The maximum atomic E-state index is 10.8. The van der Waals surface area contributed by atoms with Crippen LogP contribution < -0.4 is 10.6 Å². The van der Waals surface area contributed by atoms with Crippen molar-refractivity contribution in [3.8, 4) is 0 Å². The molecule has 1 saturated heterocycles. The van der Waals surface area contributed by atoms with Gasteiger partial charge in [0.2, 0.25) is 0 Å². The Balaban J connectivity index is 0.00000128. The molecule has 7 heteroatoms. The summed E-state index contributed by atoms with van der Waals surface area (Å²) in [5.41, 5.74) is 0.686. The highest BCUT2D eigenvalue weighted by atomic mass is 79.9. The minimum absolute atomic E-state index is 0. The van der Waals surface area contributed by atoms with Crippen molar-refractivity contribution < 1.29 is 4.92 Å². The van der Waals surface area contributed by atoms with Gasteiger partial charge in [-0.05, 0) is 12.1 Å². The highest BCUT2D eigenvalue weighted by Crippen LogP contribution is 2.28. The zero-order chi connectivity index (χ0) is 10.8. The number of nitrogens with one attached hydrogen (secondary N) is 2. The van der Waals surface area contributed by atoms with Gasteiger partial charge in [0.15, 0.2) is 0 Å². The van der Waals surface area contributed by atoms with Crippen LogP contribution in [0.1, 0.15) is 0 Å². The molecule has 0 atom stereocenters. The first-order chi connectivity index (χ1) is 7.16. The van der Waals surface area contributed by atoms with Gasteiger partial charge in [0.1, 0.15) is 5.69 Å². The van der Waals surface area contributed by atoms with Crippen LogP contribution in [0.15, 0.2) is 22.7 Å². The summed E-state index contributed by atoms with van der Waals surface area (Å²) in [5.74, 6) is 0. The second-order valence-electron chi connectivity index (χ2n) is 3.42. The molecule has 1 aromatic carbocycles. The molecule has 0 aromatic heterocycles. The summed E-state index contributed by atoms with van der Waals surface area (Å²) < 4.78 is 0.714. The lowest BCUT2D eigenvalue weighted by Gasteiger charge is -2.28. The lowest BCUT2D eigenvalue weighted by molar-refractivity contribution is -0.384. The van der Waals surface area contributed by atoms with Gasteiger partial charge in [-0.3, -0.25) is 10.1 Å². The Kier molecular flexibility index (Phi) is 4.52. The van der Waals surface area contributed by atoms with Crippen molar-refractivity contribution >= 4 is 39.7 Å². The first-order valence-corrected chi connectivity index (χ1v) is 5.37. The van der Waals surface area contributed by atoms with Crippen LogP contribution in [0.3, 0.4) is 0 Å². The third-order valence-corrected chi connectivity index (χ3v) is 2.79. The van der Waals surface area contributed by atoms with Gasteiger partial charge < -0.3 is 10.6 Å². The van der Waals surface area contributed by atoms with E-state index < -0.39 is 0 Å². The minimum Gasteiger partial charge on any atom is -0.374 e. The number of hydrogen-bond donors (Lipinski definition) is 2. The van der Waals surface area contributed by atoms with Gasteiger partial charge in [0.25, 0.3) is 5.69 Å². The van der Waals surface area contributed by atoms with Crippen LogP contribution in [0.2, 0.25) is 0 Å². The lowest BCUT2D eigenvalue weighted by Crippen LogP contribution is -2.51. The van der Waals surface area contributed by atoms with Gasteiger partial charge in [-0.15, -0.1) is 12.4 Å². The van der Waals surface area contributed by atoms with E-state index in [4.69, 9.17) is 0 Å². The molecule has 0 radical (unpaired) electrons. The Hall–Kier alpha value is -0.850. The van der Waals surface area contributed by atoms with Crippen molar-refractivity contribution in [2.75, 3.05) is 18.4 Å². The van der Waals surface area contributed by atoms with Gasteiger partial charge in [-0.1, -0.05) is 15.9 Å². The fourth-order valence-corrected chi connectivity index (χ4v) is 1.74. The largest absolute Gasteiger partial charge is 0.374 e. The van der Waals surface area contributed by atoms with Crippen molar-refractivity contribution in [1.29, 1.82) is 0 Å². The summed E-state index contributed by atoms with van der Waals surface area (Å²) in [6, 6.07) is 5.32. The summed E-state index contributed by atoms with van der Waals surface area (Å²) in [6.45, 7) is 1.71. The Labute approximate surface area is 107 Å². The van der Waals surface area contributed by atoms with Crippen LogP contribution in [0.4, 0.5) is 11.4 Å². The Morgan fingerprint density at radius 3 is 2.69 bits per heavy atom. The molecule has 0 aliphatic carbocycles. The van der Waals surface area contributed by atoms with Gasteiger partial charge in [-0.2, -0.15) is 0 Å². The molecule has 0 spiro atoms. The molecule has 1 aliphatic rings. The Bertz CT molecular complexity index is 398. The van der Waals surface area contributed by atoms with Crippen LogP contribution >= 0.6 is 28.3 Å². The number of nitrogens with zero attached hydrogens (tertiary/aromatic N) is 1. The highest BCUT2D eigenvalue weighted by Gasteiger charge is 2.21. The molecule has 2 N–H and O–H groups in total. The molecule has 88 valence electrons. The SMILES string of the molecule is Cl.O=[N+]([O-])c1cc(Br)ccc1NC1CNC1. The van der Waals surface area contributed by atoms with Crippen molar-refractivity contribution in [3.63, 3.8) is 0 Å². The average Bonchev–Trinajstić information content (AvgIpc) is 2.12. The smallest absolute Gasteiger partial charge is 0.293 e. The monoisotopic (exact) mass is 307 g/mol. The molecule has 1 aromatic rings. The van der Waals surface area contributed by atoms with E-state index in [1.807, 2.05) is 0 Å². The van der Waals surface area contributed by atoms with E-state index in [2.05, 4.69) is 26.6 Å². The molecule has 0 unspecified atom stereocenters. The van der Waals surface area contributed by atoms with Crippen molar-refractivity contribution in [2.24, 2.45) is 0 Å². The fourth-order valence-electron chi connectivity index (χ4n) is 1.39. The third-order valence-electron chi connectivity index (χ3n) is 2.30. The van der Waals surface area contributed by atoms with E-state index in [0.717, 1.165) is 13.1 Å². The molecule has 0 bridgehead atoms. The lowest BCUT2D eigenvalue weighted by atomic mass is 10.1. The zero-order valence-electron chi connectivity index (χ0n) is 8.27. The predicted octanol–water partition coefficient (Wildman–Crippen LogP) is 2.16. The van der Waals surface area contributed by atoms with Crippen LogP contribution in [-0.4, -0.2) is 24.1 Å². The Morgan fingerprint density at radius 1 is 1.50 bits per heavy atom. The van der Waals surface area contributed by atoms with Crippen LogP contribution in [0, 0.1) is 10.1 Å². The molecule has 0 saturated carbocycles. The van der Waals surface area contributed by atoms with Gasteiger partial charge in [0, 0.05) is 23.6 Å². The number of anilines is 1. The van der Waals surface area contributed by atoms with E-state index >= 15 is 0 Å². The molecule has 1 heterocycles. The molecule has 5 nitrogen and oxygen atoms in total. The minimum atomic E-state index is -0.376. The summed E-state index contributed by atoms with van der Waals surface area (Å²) >= 11 is 3.22. The summed E-state index contributed by atoms with van der Waals surface area (Å²) in [6.07, 6.45) is 0. The molecule has 16 heavy (non-hydrogen) atoms. The standard InChI is InChI=1S/C9H10BrN3O2.ClH/c10-6-1-2-8(9(3-6)13(14)15)12-7-4-11-5-7;/h1-3,7,11-12H,4-5H2;1H. The first-order valence-electron chi connectivity index (χ1n) is 4.58. The van der Waals surface area contributed by atoms with Gasteiger partial charge in [0.05, 0.1) is 11.0 Å². The van der Waals surface area contributed by atoms with Crippen LogP contribution in [0.25, 0.3) is 0 Å². The molecular weight excluding hydrogens is 297 g/mol. The molecule has 1 aliphatic heterocycles. The number of nitro benzene ring substituents is 1. The normalized spacial score (nSPS) is 14.8. The fraction of sp³-hybridized carbons (Fsp3) is 0.333. The first kappa shape index (κ1) is 13.2. The van der Waals surface area contributed by atoms with E-state index in [9.17, 15) is 10.1 Å². The quantitative estimate of drug-likeness (QED) is 0.663. The van der Waals surface area contributed by atoms with E-state index in [0.29, 0.717) is 16.2 Å². The number of halogens is 2. The topological polar surface area (TPSA) is 67.2 Å². The number of hydrogen-bond acceptors (Lipinski definition) is 4. The van der Waals surface area contributed by atoms with Crippen molar-refractivity contribution in [1.82, 2.24) is 5.32 Å². The van der Waals surface area contributed by atoms with E-state index in [1.54, 1.807) is 12.1 Å². The number of benzene rings is 1. The number of rotatable bonds is 3. The van der Waals surface area contributed by atoms with E-state index in [-0.39, 0.29) is 23.0 Å². The Morgan fingerprint density at radius 2 is 2.19 bits per heavy atom. The molecule has 2 rings (SSSR count).